The van der Waals surface area contributed by atoms with Crippen LogP contribution in [0.3, 0.4) is 0 Å². The van der Waals surface area contributed by atoms with Crippen molar-refractivity contribution in [2.24, 2.45) is 0 Å². The highest BCUT2D eigenvalue weighted by molar-refractivity contribution is 9.10. The first-order valence-corrected chi connectivity index (χ1v) is 7.01. The first-order valence-electron chi connectivity index (χ1n) is 6.22. The van der Waals surface area contributed by atoms with Crippen molar-refractivity contribution < 1.29 is 0 Å². The van der Waals surface area contributed by atoms with Gasteiger partial charge in [0.1, 0.15) is 4.60 Å². The Morgan fingerprint density at radius 1 is 1.16 bits per heavy atom. The summed E-state index contributed by atoms with van der Waals surface area (Å²) in [5.41, 5.74) is 3.46. The molecular formula is C15H18BrN3. The number of hydrogen-bond acceptors (Lipinski definition) is 3. The van der Waals surface area contributed by atoms with Crippen LogP contribution in [0.5, 0.6) is 0 Å². The molecule has 1 heterocycles. The predicted molar refractivity (Wildman–Crippen MR) is 84.7 cm³/mol. The molecule has 4 heteroatoms. The number of anilines is 2. The van der Waals surface area contributed by atoms with Crippen LogP contribution in [0.4, 0.5) is 11.4 Å². The average Bonchev–Trinajstić information content (AvgIpc) is 2.41. The molecule has 0 bridgehead atoms. The molecule has 1 aromatic carbocycles. The number of rotatable bonds is 4. The van der Waals surface area contributed by atoms with Gasteiger partial charge in [0.15, 0.2) is 0 Å². The van der Waals surface area contributed by atoms with E-state index in [1.165, 1.54) is 11.3 Å². The molecule has 100 valence electrons. The van der Waals surface area contributed by atoms with Crippen molar-refractivity contribution >= 4 is 27.3 Å². The van der Waals surface area contributed by atoms with E-state index in [1.54, 1.807) is 6.20 Å². The lowest BCUT2D eigenvalue weighted by Crippen LogP contribution is -2.10. The minimum absolute atomic E-state index is 0.233. The van der Waals surface area contributed by atoms with Crippen molar-refractivity contribution in [3.63, 3.8) is 0 Å². The Balaban J connectivity index is 2.12. The van der Waals surface area contributed by atoms with Crippen LogP contribution >= 0.6 is 15.9 Å². The molecule has 3 nitrogen and oxygen atoms in total. The molecular weight excluding hydrogens is 302 g/mol. The van der Waals surface area contributed by atoms with Crippen LogP contribution in [0.2, 0.25) is 0 Å². The van der Waals surface area contributed by atoms with Crippen LogP contribution < -0.4 is 10.2 Å². The Morgan fingerprint density at radius 2 is 1.84 bits per heavy atom. The molecule has 1 N–H and O–H groups in total. The molecule has 2 aromatic rings. The van der Waals surface area contributed by atoms with Gasteiger partial charge in [-0.25, -0.2) is 4.98 Å². The Hall–Kier alpha value is -1.55. The third-order valence-corrected chi connectivity index (χ3v) is 3.67. The molecule has 1 unspecified atom stereocenters. The third kappa shape index (κ3) is 3.47. The minimum atomic E-state index is 0.233. The summed E-state index contributed by atoms with van der Waals surface area (Å²) in [5, 5.41) is 3.45. The van der Waals surface area contributed by atoms with E-state index in [4.69, 9.17) is 0 Å². The summed E-state index contributed by atoms with van der Waals surface area (Å²) in [7, 11) is 4.09. The second-order valence-electron chi connectivity index (χ2n) is 4.69. The molecule has 0 spiro atoms. The zero-order chi connectivity index (χ0) is 13.8. The maximum absolute atomic E-state index is 4.21. The topological polar surface area (TPSA) is 28.2 Å². The van der Waals surface area contributed by atoms with Gasteiger partial charge in [-0.1, -0.05) is 12.1 Å². The highest BCUT2D eigenvalue weighted by atomic mass is 79.9. The molecule has 0 saturated heterocycles. The molecule has 2 rings (SSSR count). The quantitative estimate of drug-likeness (QED) is 0.860. The second-order valence-corrected chi connectivity index (χ2v) is 5.44. The standard InChI is InChI=1S/C15H18BrN3/c1-11(18-14-5-4-10-17-15(14)16)12-6-8-13(9-7-12)19(2)3/h4-11,18H,1-3H3. The fourth-order valence-corrected chi connectivity index (χ4v) is 2.24. The Kier molecular flexibility index (Phi) is 4.43. The van der Waals surface area contributed by atoms with Crippen LogP contribution in [0.25, 0.3) is 0 Å². The molecule has 19 heavy (non-hydrogen) atoms. The van der Waals surface area contributed by atoms with Gasteiger partial charge in [-0.2, -0.15) is 0 Å². The summed E-state index contributed by atoms with van der Waals surface area (Å²) in [6.07, 6.45) is 1.77. The summed E-state index contributed by atoms with van der Waals surface area (Å²) in [5.74, 6) is 0. The van der Waals surface area contributed by atoms with E-state index in [9.17, 15) is 0 Å². The first-order chi connectivity index (χ1) is 9.08. The number of halogens is 1. The van der Waals surface area contributed by atoms with Crippen LogP contribution in [0.15, 0.2) is 47.2 Å². The number of benzene rings is 1. The van der Waals surface area contributed by atoms with E-state index >= 15 is 0 Å². The molecule has 0 saturated carbocycles. The van der Waals surface area contributed by atoms with Crippen LogP contribution in [-0.2, 0) is 0 Å². The van der Waals surface area contributed by atoms with E-state index in [1.807, 2.05) is 26.2 Å². The summed E-state index contributed by atoms with van der Waals surface area (Å²) in [4.78, 5) is 6.31. The minimum Gasteiger partial charge on any atom is -0.378 e. The van der Waals surface area contributed by atoms with Gasteiger partial charge in [-0.05, 0) is 52.7 Å². The lowest BCUT2D eigenvalue weighted by Gasteiger charge is -2.18. The average molecular weight is 320 g/mol. The Bertz CT molecular complexity index is 537. The molecule has 0 radical (unpaired) electrons. The van der Waals surface area contributed by atoms with Gasteiger partial charge in [0.25, 0.3) is 0 Å². The predicted octanol–water partition coefficient (Wildman–Crippen LogP) is 4.08. The fourth-order valence-electron chi connectivity index (χ4n) is 1.87. The maximum Gasteiger partial charge on any atom is 0.129 e. The summed E-state index contributed by atoms with van der Waals surface area (Å²) in [6, 6.07) is 12.7. The SMILES string of the molecule is CC(Nc1cccnc1Br)c1ccc(N(C)C)cc1. The first kappa shape index (κ1) is 13.9. The van der Waals surface area contributed by atoms with Gasteiger partial charge in [-0.15, -0.1) is 0 Å². The normalized spacial score (nSPS) is 12.0. The third-order valence-electron chi connectivity index (χ3n) is 3.04. The fraction of sp³-hybridized carbons (Fsp3) is 0.267. The van der Waals surface area contributed by atoms with E-state index in [0.29, 0.717) is 0 Å². The van der Waals surface area contributed by atoms with Gasteiger partial charge in [-0.3, -0.25) is 0 Å². The van der Waals surface area contributed by atoms with Crippen LogP contribution in [0.1, 0.15) is 18.5 Å². The molecule has 0 aliphatic rings. The summed E-state index contributed by atoms with van der Waals surface area (Å²) < 4.78 is 0.840. The number of hydrogen-bond donors (Lipinski definition) is 1. The summed E-state index contributed by atoms with van der Waals surface area (Å²) in [6.45, 7) is 2.14. The van der Waals surface area contributed by atoms with Crippen molar-refractivity contribution in [3.05, 3.63) is 52.8 Å². The molecule has 1 atom stereocenters. The van der Waals surface area contributed by atoms with E-state index in [0.717, 1.165) is 10.3 Å². The Morgan fingerprint density at radius 3 is 2.42 bits per heavy atom. The van der Waals surface area contributed by atoms with Gasteiger partial charge in [0, 0.05) is 32.0 Å². The van der Waals surface area contributed by atoms with Crippen molar-refractivity contribution in [1.29, 1.82) is 0 Å². The lowest BCUT2D eigenvalue weighted by atomic mass is 10.1. The van der Waals surface area contributed by atoms with Crippen LogP contribution in [0, 0.1) is 0 Å². The number of nitrogens with one attached hydrogen (secondary N) is 1. The smallest absolute Gasteiger partial charge is 0.129 e. The van der Waals surface area contributed by atoms with Gasteiger partial charge in [0.05, 0.1) is 5.69 Å². The van der Waals surface area contributed by atoms with Crippen LogP contribution in [-0.4, -0.2) is 19.1 Å². The second kappa shape index (κ2) is 6.06. The van der Waals surface area contributed by atoms with E-state index in [-0.39, 0.29) is 6.04 Å². The van der Waals surface area contributed by atoms with Gasteiger partial charge in [0.2, 0.25) is 0 Å². The van der Waals surface area contributed by atoms with Gasteiger partial charge < -0.3 is 10.2 Å². The highest BCUT2D eigenvalue weighted by Gasteiger charge is 2.08. The monoisotopic (exact) mass is 319 g/mol. The van der Waals surface area contributed by atoms with Crippen molar-refractivity contribution in [2.75, 3.05) is 24.3 Å². The largest absolute Gasteiger partial charge is 0.378 e. The van der Waals surface area contributed by atoms with E-state index in [2.05, 4.69) is 62.3 Å². The highest BCUT2D eigenvalue weighted by Crippen LogP contribution is 2.25. The maximum atomic E-state index is 4.21. The number of pyridine rings is 1. The molecule has 0 fully saturated rings. The molecule has 0 aliphatic carbocycles. The van der Waals surface area contributed by atoms with Crippen molar-refractivity contribution in [2.45, 2.75) is 13.0 Å². The lowest BCUT2D eigenvalue weighted by molar-refractivity contribution is 0.880. The summed E-state index contributed by atoms with van der Waals surface area (Å²) >= 11 is 3.45. The molecule has 0 amide bonds. The Labute approximate surface area is 122 Å². The molecule has 0 aliphatic heterocycles. The zero-order valence-electron chi connectivity index (χ0n) is 11.4. The van der Waals surface area contributed by atoms with Crippen molar-refractivity contribution in [1.82, 2.24) is 4.98 Å². The molecule has 1 aromatic heterocycles. The van der Waals surface area contributed by atoms with Crippen molar-refractivity contribution in [3.8, 4) is 0 Å². The number of aromatic nitrogens is 1. The van der Waals surface area contributed by atoms with Gasteiger partial charge >= 0.3 is 0 Å². The van der Waals surface area contributed by atoms with E-state index < -0.39 is 0 Å². The number of nitrogens with zero attached hydrogens (tertiary/aromatic N) is 2. The zero-order valence-corrected chi connectivity index (χ0v) is 13.0.